The number of amides is 1. The lowest BCUT2D eigenvalue weighted by molar-refractivity contribution is 0.102. The average Bonchev–Trinajstić information content (AvgIpc) is 3.37. The monoisotopic (exact) mass is 603 g/mol. The number of rotatable bonds is 8. The second kappa shape index (κ2) is 12.1. The highest BCUT2D eigenvalue weighted by Gasteiger charge is 2.23. The third kappa shape index (κ3) is 7.35. The fourth-order valence-electron chi connectivity index (χ4n) is 4.67. The van der Waals surface area contributed by atoms with Gasteiger partial charge in [-0.1, -0.05) is 26.8 Å². The Morgan fingerprint density at radius 3 is 2.49 bits per heavy atom. The van der Waals surface area contributed by atoms with Crippen LogP contribution in [0.4, 0.5) is 23.0 Å². The van der Waals surface area contributed by atoms with Crippen LogP contribution in [0, 0.1) is 6.92 Å². The van der Waals surface area contributed by atoms with Crippen molar-refractivity contribution < 1.29 is 13.2 Å². The number of anilines is 4. The highest BCUT2D eigenvalue weighted by Crippen LogP contribution is 2.27. The first-order valence-electron chi connectivity index (χ1n) is 14.1. The van der Waals surface area contributed by atoms with Crippen molar-refractivity contribution in [3.05, 3.63) is 77.5 Å². The number of aryl methyl sites for hydroxylation is 1. The van der Waals surface area contributed by atoms with Crippen LogP contribution in [0.5, 0.6) is 0 Å². The minimum atomic E-state index is -2.99. The predicted octanol–water partition coefficient (Wildman–Crippen LogP) is 3.93. The van der Waals surface area contributed by atoms with Gasteiger partial charge in [-0.2, -0.15) is 9.78 Å². The van der Waals surface area contributed by atoms with E-state index in [2.05, 4.69) is 56.6 Å². The van der Waals surface area contributed by atoms with Crippen molar-refractivity contribution in [1.82, 2.24) is 29.6 Å². The molecular formula is C30H37N9O3S. The zero-order valence-electron chi connectivity index (χ0n) is 25.0. The summed E-state index contributed by atoms with van der Waals surface area (Å²) in [7, 11) is -1.21. The fourth-order valence-corrected chi connectivity index (χ4v) is 5.94. The minimum absolute atomic E-state index is 0.140. The molecule has 1 saturated heterocycles. The van der Waals surface area contributed by atoms with E-state index in [1.54, 1.807) is 36.1 Å². The van der Waals surface area contributed by atoms with Crippen LogP contribution in [0.1, 0.15) is 48.1 Å². The zero-order chi connectivity index (χ0) is 30.8. The molecule has 3 N–H and O–H groups in total. The van der Waals surface area contributed by atoms with E-state index in [1.165, 1.54) is 6.33 Å². The average molecular weight is 604 g/mol. The molecule has 1 amide bonds. The quantitative estimate of drug-likeness (QED) is 0.271. The number of sulfone groups is 1. The molecule has 0 saturated carbocycles. The molecule has 0 atom stereocenters. The molecule has 0 radical (unpaired) electrons. The Labute approximate surface area is 251 Å². The molecule has 4 aromatic rings. The maximum Gasteiger partial charge on any atom is 0.255 e. The highest BCUT2D eigenvalue weighted by molar-refractivity contribution is 7.91. The summed E-state index contributed by atoms with van der Waals surface area (Å²) in [6.45, 7) is 9.60. The Kier molecular flexibility index (Phi) is 8.47. The van der Waals surface area contributed by atoms with Crippen LogP contribution >= 0.6 is 0 Å². The molecule has 0 bridgehead atoms. The lowest BCUT2D eigenvalue weighted by Gasteiger charge is -2.25. The molecule has 1 aliphatic rings. The maximum absolute atomic E-state index is 13.3. The number of hydrogen-bond acceptors (Lipinski definition) is 10. The van der Waals surface area contributed by atoms with Gasteiger partial charge in [0.25, 0.3) is 5.91 Å². The Morgan fingerprint density at radius 2 is 1.77 bits per heavy atom. The van der Waals surface area contributed by atoms with Gasteiger partial charge in [0.15, 0.2) is 15.7 Å². The van der Waals surface area contributed by atoms with Crippen molar-refractivity contribution in [3.8, 4) is 5.82 Å². The minimum Gasteiger partial charge on any atom is -0.373 e. The summed E-state index contributed by atoms with van der Waals surface area (Å²) < 4.78 is 25.5. The molecule has 0 aliphatic carbocycles. The lowest BCUT2D eigenvalue weighted by Crippen LogP contribution is -2.39. The van der Waals surface area contributed by atoms with Crippen molar-refractivity contribution in [1.29, 1.82) is 0 Å². The molecular weight excluding hydrogens is 566 g/mol. The third-order valence-corrected chi connectivity index (χ3v) is 8.87. The Balaban J connectivity index is 1.42. The summed E-state index contributed by atoms with van der Waals surface area (Å²) in [5.74, 6) is 1.87. The van der Waals surface area contributed by atoms with Crippen LogP contribution in [0.2, 0.25) is 0 Å². The third-order valence-electron chi connectivity index (χ3n) is 7.26. The van der Waals surface area contributed by atoms with Crippen LogP contribution in [-0.2, 0) is 21.8 Å². The second-order valence-electron chi connectivity index (χ2n) is 11.7. The van der Waals surface area contributed by atoms with Crippen molar-refractivity contribution >= 4 is 38.8 Å². The van der Waals surface area contributed by atoms with E-state index >= 15 is 0 Å². The van der Waals surface area contributed by atoms with Crippen molar-refractivity contribution in [2.24, 2.45) is 0 Å². The van der Waals surface area contributed by atoms with Crippen LogP contribution in [0.3, 0.4) is 0 Å². The maximum atomic E-state index is 13.3. The van der Waals surface area contributed by atoms with Gasteiger partial charge < -0.3 is 16.0 Å². The zero-order valence-corrected chi connectivity index (χ0v) is 25.9. The van der Waals surface area contributed by atoms with E-state index in [9.17, 15) is 13.2 Å². The number of pyridine rings is 1. The molecule has 1 aliphatic heterocycles. The summed E-state index contributed by atoms with van der Waals surface area (Å²) >= 11 is 0. The number of carbonyl (C=O) groups is 1. The van der Waals surface area contributed by atoms with E-state index in [0.29, 0.717) is 48.3 Å². The second-order valence-corrected chi connectivity index (χ2v) is 14.0. The molecule has 12 nitrogen and oxygen atoms in total. The van der Waals surface area contributed by atoms with Gasteiger partial charge in [-0.15, -0.1) is 0 Å². The number of hydrogen-bond donors (Lipinski definition) is 3. The summed E-state index contributed by atoms with van der Waals surface area (Å²) in [4.78, 5) is 28.4. The topological polar surface area (TPSA) is 147 Å². The summed E-state index contributed by atoms with van der Waals surface area (Å²) in [5.41, 5.74) is 4.33. The highest BCUT2D eigenvalue weighted by atomic mass is 32.2. The molecule has 5 rings (SSSR count). The van der Waals surface area contributed by atoms with Gasteiger partial charge in [0.1, 0.15) is 18.0 Å². The Morgan fingerprint density at radius 1 is 1.00 bits per heavy atom. The van der Waals surface area contributed by atoms with E-state index in [-0.39, 0.29) is 22.8 Å². The number of benzene rings is 1. The first-order valence-corrected chi connectivity index (χ1v) is 15.9. The predicted molar refractivity (Wildman–Crippen MR) is 168 cm³/mol. The smallest absolute Gasteiger partial charge is 0.255 e. The van der Waals surface area contributed by atoms with Crippen LogP contribution < -0.4 is 16.0 Å². The van der Waals surface area contributed by atoms with Crippen molar-refractivity contribution in [3.63, 3.8) is 0 Å². The van der Waals surface area contributed by atoms with Gasteiger partial charge >= 0.3 is 0 Å². The molecule has 226 valence electrons. The van der Waals surface area contributed by atoms with Crippen molar-refractivity contribution in [2.45, 2.75) is 39.7 Å². The SMILES string of the molecule is CNc1cc(-n2nc(CN3CCS(=O)(=O)CC3)cc2Nc2cc(C(=O)Nc3ccnc(C(C)(C)C)c3)ccc2C)ncn1. The molecule has 1 fully saturated rings. The molecule has 0 unspecified atom stereocenters. The molecule has 43 heavy (non-hydrogen) atoms. The number of nitrogens with zero attached hydrogens (tertiary/aromatic N) is 6. The fraction of sp³-hybridized carbons (Fsp3) is 0.367. The molecule has 1 aromatic carbocycles. The Bertz CT molecular complexity index is 1730. The molecule has 13 heteroatoms. The van der Waals surface area contributed by atoms with E-state index < -0.39 is 9.84 Å². The van der Waals surface area contributed by atoms with E-state index in [4.69, 9.17) is 5.10 Å². The van der Waals surface area contributed by atoms with Crippen LogP contribution in [0.15, 0.2) is 55.0 Å². The van der Waals surface area contributed by atoms with E-state index in [0.717, 1.165) is 22.6 Å². The lowest BCUT2D eigenvalue weighted by atomic mass is 9.91. The standard InChI is InChI=1S/C30H37N9O3S/c1-20-6-7-21(29(40)35-22-8-9-32-25(15-22)30(2,3)4)14-24(20)36-28-16-23(18-38-10-12-43(41,42)13-11-38)37-39(28)27-17-26(31-5)33-19-34-27/h6-9,14-17,19,36H,10-13,18H2,1-5H3,(H,31,33,34)(H,32,35,40). The summed E-state index contributed by atoms with van der Waals surface area (Å²) in [6.07, 6.45) is 3.16. The number of carbonyl (C=O) groups excluding carboxylic acids is 1. The number of aromatic nitrogens is 5. The van der Waals surface area contributed by atoms with Gasteiger partial charge in [-0.3, -0.25) is 14.7 Å². The van der Waals surface area contributed by atoms with Gasteiger partial charge in [-0.05, 0) is 36.8 Å². The largest absolute Gasteiger partial charge is 0.373 e. The first kappa shape index (κ1) is 30.1. The van der Waals surface area contributed by atoms with Gasteiger partial charge in [0.2, 0.25) is 0 Å². The molecule has 3 aromatic heterocycles. The number of nitrogens with one attached hydrogen (secondary N) is 3. The van der Waals surface area contributed by atoms with Gasteiger partial charge in [0.05, 0.1) is 17.2 Å². The first-order chi connectivity index (χ1) is 20.4. The summed E-state index contributed by atoms with van der Waals surface area (Å²) in [6, 6.07) is 12.9. The normalized spacial score (nSPS) is 15.2. The Hall–Kier alpha value is -4.36. The molecule has 0 spiro atoms. The van der Waals surface area contributed by atoms with Crippen molar-refractivity contribution in [2.75, 3.05) is 47.6 Å². The summed E-state index contributed by atoms with van der Waals surface area (Å²) in [5, 5.41) is 14.3. The van der Waals surface area contributed by atoms with Crippen LogP contribution in [0.25, 0.3) is 5.82 Å². The van der Waals surface area contributed by atoms with Gasteiger partial charge in [-0.25, -0.2) is 18.4 Å². The van der Waals surface area contributed by atoms with Crippen LogP contribution in [-0.4, -0.2) is 75.6 Å². The van der Waals surface area contributed by atoms with Gasteiger partial charge in [0, 0.05) is 73.1 Å². The molecule has 4 heterocycles. The van der Waals surface area contributed by atoms with E-state index in [1.807, 2.05) is 31.2 Å².